The van der Waals surface area contributed by atoms with Gasteiger partial charge in [0.15, 0.2) is 5.69 Å². The molecule has 6 nitrogen and oxygen atoms in total. The second-order valence-electron chi connectivity index (χ2n) is 7.54. The van der Waals surface area contributed by atoms with E-state index in [0.717, 1.165) is 61.2 Å². The predicted molar refractivity (Wildman–Crippen MR) is 103 cm³/mol. The molecular weight excluding hydrogens is 360 g/mol. The first-order valence-electron chi connectivity index (χ1n) is 9.60. The predicted octanol–water partition coefficient (Wildman–Crippen LogP) is 3.25. The van der Waals surface area contributed by atoms with E-state index in [1.54, 1.807) is 10.3 Å². The number of nitrogens with one attached hydrogen (secondary N) is 1. The van der Waals surface area contributed by atoms with Gasteiger partial charge >= 0.3 is 0 Å². The van der Waals surface area contributed by atoms with Gasteiger partial charge < -0.3 is 10.2 Å². The summed E-state index contributed by atoms with van der Waals surface area (Å²) in [5.41, 5.74) is 2.25. The van der Waals surface area contributed by atoms with Crippen molar-refractivity contribution in [2.75, 3.05) is 0 Å². The van der Waals surface area contributed by atoms with Crippen LogP contribution in [0.5, 0.6) is 0 Å². The van der Waals surface area contributed by atoms with E-state index in [0.29, 0.717) is 5.69 Å². The molecule has 0 aliphatic heterocycles. The molecule has 27 heavy (non-hydrogen) atoms. The van der Waals surface area contributed by atoms with Gasteiger partial charge in [0, 0.05) is 17.5 Å². The maximum Gasteiger partial charge on any atom is 0.276 e. The van der Waals surface area contributed by atoms with Crippen LogP contribution in [0, 0.1) is 6.92 Å². The van der Waals surface area contributed by atoms with E-state index in [1.165, 1.54) is 0 Å². The lowest BCUT2D eigenvalue weighted by Gasteiger charge is -2.32. The molecule has 0 radical (unpaired) electrons. The Morgan fingerprint density at radius 2 is 2.00 bits per heavy atom. The minimum absolute atomic E-state index is 0.0824. The lowest BCUT2D eigenvalue weighted by Crippen LogP contribution is -2.47. The van der Waals surface area contributed by atoms with Crippen LogP contribution in [0.3, 0.4) is 0 Å². The van der Waals surface area contributed by atoms with Crippen molar-refractivity contribution in [3.63, 3.8) is 0 Å². The summed E-state index contributed by atoms with van der Waals surface area (Å²) in [6, 6.07) is 7.55. The molecule has 1 aromatic heterocycles. The number of rotatable bonds is 6. The second-order valence-corrected chi connectivity index (χ2v) is 8.15. The molecule has 7 heteroatoms. The van der Waals surface area contributed by atoms with Crippen LogP contribution in [0.15, 0.2) is 29.6 Å². The zero-order valence-electron chi connectivity index (χ0n) is 15.4. The van der Waals surface area contributed by atoms with Crippen molar-refractivity contribution in [2.24, 2.45) is 0 Å². The topological polar surface area (TPSA) is 75.2 Å². The van der Waals surface area contributed by atoms with E-state index >= 15 is 0 Å². The van der Waals surface area contributed by atoms with Crippen molar-refractivity contribution in [1.82, 2.24) is 19.8 Å². The fourth-order valence-electron chi connectivity index (χ4n) is 3.87. The molecule has 2 saturated carbocycles. The number of hydrogen-bond acceptors (Lipinski definition) is 5. The highest BCUT2D eigenvalue weighted by Crippen LogP contribution is 2.36. The van der Waals surface area contributed by atoms with E-state index in [1.807, 2.05) is 31.2 Å². The molecule has 1 N–H and O–H groups in total. The maximum absolute atomic E-state index is 13.3. The minimum Gasteiger partial charge on any atom is -0.351 e. The molecule has 4 rings (SSSR count). The number of carbonyl (C=O) groups excluding carboxylic acids is 2. The Bertz CT molecular complexity index is 813. The van der Waals surface area contributed by atoms with Crippen LogP contribution in [0.4, 0.5) is 0 Å². The molecule has 2 aliphatic rings. The number of aryl methyl sites for hydroxylation is 1. The summed E-state index contributed by atoms with van der Waals surface area (Å²) in [4.78, 5) is 28.2. The van der Waals surface area contributed by atoms with Crippen LogP contribution in [0.2, 0.25) is 0 Å². The first-order valence-corrected chi connectivity index (χ1v) is 10.4. The molecule has 1 heterocycles. The SMILES string of the molecule is Cc1cccc([C@H](C(=O)NC2CCCC2)N(C(=O)c2csnn2)C2CC2)c1. The van der Waals surface area contributed by atoms with E-state index in [9.17, 15) is 9.59 Å². The lowest BCUT2D eigenvalue weighted by atomic mass is 10.0. The largest absolute Gasteiger partial charge is 0.351 e. The van der Waals surface area contributed by atoms with Gasteiger partial charge in [-0.25, -0.2) is 0 Å². The van der Waals surface area contributed by atoms with Gasteiger partial charge in [0.1, 0.15) is 6.04 Å². The van der Waals surface area contributed by atoms with Crippen molar-refractivity contribution >= 4 is 23.3 Å². The van der Waals surface area contributed by atoms with Crippen LogP contribution in [-0.2, 0) is 4.79 Å². The number of benzene rings is 1. The van der Waals surface area contributed by atoms with E-state index in [4.69, 9.17) is 0 Å². The Balaban J connectivity index is 1.68. The molecule has 0 spiro atoms. The summed E-state index contributed by atoms with van der Waals surface area (Å²) in [5, 5.41) is 8.80. The monoisotopic (exact) mass is 384 g/mol. The standard InChI is InChI=1S/C20H24N4O2S/c1-13-5-4-6-14(11-13)18(19(25)21-15-7-2-3-8-15)24(16-9-10-16)20(26)17-12-27-23-22-17/h4-6,11-12,15-16,18H,2-3,7-10H2,1H3,(H,21,25)/t18-/m1/s1. The van der Waals surface area contributed by atoms with Crippen molar-refractivity contribution in [2.45, 2.75) is 63.6 Å². The Morgan fingerprint density at radius 3 is 2.63 bits per heavy atom. The zero-order chi connectivity index (χ0) is 18.8. The summed E-state index contributed by atoms with van der Waals surface area (Å²) in [7, 11) is 0. The molecule has 0 saturated heterocycles. The van der Waals surface area contributed by atoms with Gasteiger partial charge in [-0.15, -0.1) is 5.10 Å². The average molecular weight is 385 g/mol. The number of aromatic nitrogens is 2. The van der Waals surface area contributed by atoms with Crippen molar-refractivity contribution < 1.29 is 9.59 Å². The third-order valence-electron chi connectivity index (χ3n) is 5.34. The van der Waals surface area contributed by atoms with Gasteiger partial charge in [-0.2, -0.15) is 0 Å². The zero-order valence-corrected chi connectivity index (χ0v) is 16.2. The summed E-state index contributed by atoms with van der Waals surface area (Å²) in [6.07, 6.45) is 6.16. The van der Waals surface area contributed by atoms with Crippen LogP contribution >= 0.6 is 11.5 Å². The van der Waals surface area contributed by atoms with E-state index in [-0.39, 0.29) is 23.9 Å². The molecule has 0 unspecified atom stereocenters. The maximum atomic E-state index is 13.3. The normalized spacial score (nSPS) is 18.3. The average Bonchev–Trinajstić information content (AvgIpc) is 3.10. The Kier molecular flexibility index (Phi) is 5.20. The van der Waals surface area contributed by atoms with Gasteiger partial charge in [-0.05, 0) is 49.7 Å². The lowest BCUT2D eigenvalue weighted by molar-refractivity contribution is -0.126. The van der Waals surface area contributed by atoms with Crippen LogP contribution in [-0.4, -0.2) is 38.4 Å². The Labute approximate surface area is 163 Å². The second kappa shape index (κ2) is 7.76. The number of hydrogen-bond donors (Lipinski definition) is 1. The molecule has 2 aromatic rings. The fourth-order valence-corrected chi connectivity index (χ4v) is 4.30. The van der Waals surface area contributed by atoms with Gasteiger partial charge in [0.05, 0.1) is 0 Å². The van der Waals surface area contributed by atoms with Crippen molar-refractivity contribution in [3.8, 4) is 0 Å². The first kappa shape index (κ1) is 18.1. The highest BCUT2D eigenvalue weighted by atomic mass is 32.1. The van der Waals surface area contributed by atoms with Crippen molar-refractivity contribution in [3.05, 3.63) is 46.5 Å². The summed E-state index contributed by atoms with van der Waals surface area (Å²) < 4.78 is 3.82. The number of carbonyl (C=O) groups is 2. The quantitative estimate of drug-likeness (QED) is 0.829. The smallest absolute Gasteiger partial charge is 0.276 e. The Morgan fingerprint density at radius 1 is 1.22 bits per heavy atom. The van der Waals surface area contributed by atoms with Gasteiger partial charge in [-0.3, -0.25) is 9.59 Å². The third kappa shape index (κ3) is 4.03. The summed E-state index contributed by atoms with van der Waals surface area (Å²) >= 11 is 1.15. The van der Waals surface area contributed by atoms with Gasteiger partial charge in [0.25, 0.3) is 5.91 Å². The molecule has 1 aromatic carbocycles. The molecule has 1 atom stereocenters. The fraction of sp³-hybridized carbons (Fsp3) is 0.500. The van der Waals surface area contributed by atoms with Crippen LogP contribution in [0.25, 0.3) is 0 Å². The van der Waals surface area contributed by atoms with E-state index < -0.39 is 6.04 Å². The third-order valence-corrected chi connectivity index (χ3v) is 5.84. The minimum atomic E-state index is -0.632. The molecule has 2 aliphatic carbocycles. The first-order chi connectivity index (χ1) is 13.1. The Hall–Kier alpha value is -2.28. The highest BCUT2D eigenvalue weighted by Gasteiger charge is 2.42. The van der Waals surface area contributed by atoms with Gasteiger partial charge in [-0.1, -0.05) is 47.2 Å². The van der Waals surface area contributed by atoms with Gasteiger partial charge in [0.2, 0.25) is 5.91 Å². The van der Waals surface area contributed by atoms with Crippen molar-refractivity contribution in [1.29, 1.82) is 0 Å². The summed E-state index contributed by atoms with van der Waals surface area (Å²) in [5.74, 6) is -0.296. The number of nitrogens with zero attached hydrogens (tertiary/aromatic N) is 3. The molecule has 142 valence electrons. The highest BCUT2D eigenvalue weighted by molar-refractivity contribution is 7.03. The molecule has 2 fully saturated rings. The molecule has 2 amide bonds. The van der Waals surface area contributed by atoms with E-state index in [2.05, 4.69) is 14.9 Å². The molecule has 0 bridgehead atoms. The van der Waals surface area contributed by atoms with Crippen LogP contribution < -0.4 is 5.32 Å². The number of amides is 2. The van der Waals surface area contributed by atoms with Crippen LogP contribution in [0.1, 0.15) is 66.2 Å². The molecular formula is C20H24N4O2S. The summed E-state index contributed by atoms with van der Waals surface area (Å²) in [6.45, 7) is 2.00.